The molecule has 1 aromatic rings. The van der Waals surface area contributed by atoms with Gasteiger partial charge < -0.3 is 0 Å². The first-order valence-corrected chi connectivity index (χ1v) is 13.6. The smallest absolute Gasteiger partial charge is 0.130 e. The topological polar surface area (TPSA) is 17.1 Å². The largest absolute Gasteiger partial charge is 0.300 e. The standard InChI is InChI=1S/C28H46OS/c1-5-6-7-8-9-10-11-12-13-14-15-19-22-27(26-20-17-16-18-21-26)25(3)28(30-4)23-24(2)29/h12-13,16-18,20-21,25,27-28H,5-11,14-15,19,22-23H2,1-4H3. The Hall–Kier alpha value is -1.02. The van der Waals surface area contributed by atoms with Crippen LogP contribution < -0.4 is 0 Å². The van der Waals surface area contributed by atoms with Crippen molar-refractivity contribution in [1.29, 1.82) is 0 Å². The van der Waals surface area contributed by atoms with Crippen molar-refractivity contribution in [3.63, 3.8) is 0 Å². The number of carbonyl (C=O) groups is 1. The lowest BCUT2D eigenvalue weighted by atomic mass is 9.80. The third kappa shape index (κ3) is 12.0. The molecule has 1 nitrogen and oxygen atoms in total. The van der Waals surface area contributed by atoms with E-state index in [2.05, 4.69) is 62.6 Å². The van der Waals surface area contributed by atoms with Crippen molar-refractivity contribution in [2.45, 2.75) is 109 Å². The van der Waals surface area contributed by atoms with Crippen LogP contribution in [-0.4, -0.2) is 17.3 Å². The van der Waals surface area contributed by atoms with Crippen molar-refractivity contribution < 1.29 is 4.79 Å². The molecule has 2 heteroatoms. The van der Waals surface area contributed by atoms with Gasteiger partial charge in [0.25, 0.3) is 0 Å². The molecule has 0 aromatic heterocycles. The Balaban J connectivity index is 2.40. The Kier molecular flexibility index (Phi) is 15.9. The number of thioether (sulfide) groups is 1. The summed E-state index contributed by atoms with van der Waals surface area (Å²) in [6.45, 7) is 6.35. The second-order valence-electron chi connectivity index (χ2n) is 8.87. The molecule has 0 aliphatic heterocycles. The minimum Gasteiger partial charge on any atom is -0.300 e. The van der Waals surface area contributed by atoms with Crippen LogP contribution in [0.15, 0.2) is 42.5 Å². The van der Waals surface area contributed by atoms with Gasteiger partial charge in [-0.2, -0.15) is 11.8 Å². The molecular weight excluding hydrogens is 384 g/mol. The summed E-state index contributed by atoms with van der Waals surface area (Å²) in [5, 5.41) is 0.407. The summed E-state index contributed by atoms with van der Waals surface area (Å²) >= 11 is 1.86. The number of benzene rings is 1. The van der Waals surface area contributed by atoms with E-state index in [0.717, 1.165) is 0 Å². The van der Waals surface area contributed by atoms with Crippen molar-refractivity contribution >= 4 is 17.5 Å². The van der Waals surface area contributed by atoms with Crippen LogP contribution in [0.1, 0.15) is 109 Å². The predicted molar refractivity (Wildman–Crippen MR) is 137 cm³/mol. The first-order chi connectivity index (χ1) is 14.6. The monoisotopic (exact) mass is 430 g/mol. The predicted octanol–water partition coefficient (Wildman–Crippen LogP) is 8.98. The van der Waals surface area contributed by atoms with E-state index in [1.807, 2.05) is 11.8 Å². The molecule has 0 saturated carbocycles. The fourth-order valence-corrected chi connectivity index (χ4v) is 5.38. The average Bonchev–Trinajstić information content (AvgIpc) is 2.75. The summed E-state index contributed by atoms with van der Waals surface area (Å²) in [5.74, 6) is 1.35. The van der Waals surface area contributed by atoms with Gasteiger partial charge in [-0.1, -0.05) is 94.9 Å². The van der Waals surface area contributed by atoms with E-state index in [1.54, 1.807) is 6.92 Å². The first kappa shape index (κ1) is 27.0. The van der Waals surface area contributed by atoms with Crippen molar-refractivity contribution in [2.75, 3.05) is 6.26 Å². The molecule has 30 heavy (non-hydrogen) atoms. The third-order valence-corrected chi connectivity index (χ3v) is 7.47. The van der Waals surface area contributed by atoms with E-state index < -0.39 is 0 Å². The lowest BCUT2D eigenvalue weighted by molar-refractivity contribution is -0.117. The molecule has 0 N–H and O–H groups in total. The Bertz CT molecular complexity index is 565. The SMILES string of the molecule is CCCCCCCCC=CCCCCC(c1ccccc1)C(C)C(CC(C)=O)SC. The zero-order valence-corrected chi connectivity index (χ0v) is 20.9. The molecule has 0 bridgehead atoms. The number of rotatable bonds is 18. The van der Waals surface area contributed by atoms with Gasteiger partial charge >= 0.3 is 0 Å². The first-order valence-electron chi connectivity index (χ1n) is 12.3. The highest BCUT2D eigenvalue weighted by atomic mass is 32.2. The van der Waals surface area contributed by atoms with Gasteiger partial charge in [-0.25, -0.2) is 0 Å². The lowest BCUT2D eigenvalue weighted by Crippen LogP contribution is -2.24. The number of ketones is 1. The Morgan fingerprint density at radius 3 is 2.13 bits per heavy atom. The minimum absolute atomic E-state index is 0.309. The number of Topliss-reactive ketones (excluding diaryl/α,β-unsaturated/α-hetero) is 1. The average molecular weight is 431 g/mol. The maximum atomic E-state index is 11.7. The molecule has 1 aromatic carbocycles. The van der Waals surface area contributed by atoms with Crippen LogP contribution in [0.3, 0.4) is 0 Å². The molecular formula is C28H46OS. The number of hydrogen-bond acceptors (Lipinski definition) is 2. The second-order valence-corrected chi connectivity index (χ2v) is 9.95. The molecule has 0 aliphatic carbocycles. The molecule has 170 valence electrons. The zero-order valence-electron chi connectivity index (χ0n) is 20.1. The van der Waals surface area contributed by atoms with Crippen molar-refractivity contribution in [2.24, 2.45) is 5.92 Å². The summed E-state index contributed by atoms with van der Waals surface area (Å²) in [6, 6.07) is 10.9. The van der Waals surface area contributed by atoms with Crippen LogP contribution in [0.2, 0.25) is 0 Å². The van der Waals surface area contributed by atoms with E-state index in [9.17, 15) is 4.79 Å². The van der Waals surface area contributed by atoms with Crippen LogP contribution in [0.4, 0.5) is 0 Å². The molecule has 0 heterocycles. The number of hydrogen-bond donors (Lipinski definition) is 0. The fraction of sp³-hybridized carbons (Fsp3) is 0.679. The Morgan fingerprint density at radius 1 is 0.933 bits per heavy atom. The highest BCUT2D eigenvalue weighted by Crippen LogP contribution is 2.37. The van der Waals surface area contributed by atoms with Crippen LogP contribution in [0, 0.1) is 5.92 Å². The van der Waals surface area contributed by atoms with Crippen molar-refractivity contribution in [3.05, 3.63) is 48.0 Å². The van der Waals surface area contributed by atoms with Crippen molar-refractivity contribution in [3.8, 4) is 0 Å². The number of allylic oxidation sites excluding steroid dienone is 2. The lowest BCUT2D eigenvalue weighted by Gasteiger charge is -2.30. The van der Waals surface area contributed by atoms with Gasteiger partial charge in [-0.05, 0) is 62.7 Å². The van der Waals surface area contributed by atoms with Gasteiger partial charge in [0.1, 0.15) is 5.78 Å². The highest BCUT2D eigenvalue weighted by molar-refractivity contribution is 7.99. The van der Waals surface area contributed by atoms with E-state index in [1.165, 1.54) is 76.2 Å². The zero-order chi connectivity index (χ0) is 22.0. The van der Waals surface area contributed by atoms with E-state index in [-0.39, 0.29) is 0 Å². The summed E-state index contributed by atoms with van der Waals surface area (Å²) < 4.78 is 0. The van der Waals surface area contributed by atoms with Gasteiger partial charge in [0, 0.05) is 11.7 Å². The maximum Gasteiger partial charge on any atom is 0.130 e. The van der Waals surface area contributed by atoms with Crippen LogP contribution >= 0.6 is 11.8 Å². The quantitative estimate of drug-likeness (QED) is 0.171. The van der Waals surface area contributed by atoms with Crippen molar-refractivity contribution in [1.82, 2.24) is 0 Å². The van der Waals surface area contributed by atoms with Gasteiger partial charge in [-0.15, -0.1) is 0 Å². The molecule has 0 fully saturated rings. The fourth-order valence-electron chi connectivity index (χ4n) is 4.36. The highest BCUT2D eigenvalue weighted by Gasteiger charge is 2.27. The van der Waals surface area contributed by atoms with Gasteiger partial charge in [-0.3, -0.25) is 4.79 Å². The summed E-state index contributed by atoms with van der Waals surface area (Å²) in [4.78, 5) is 11.7. The van der Waals surface area contributed by atoms with Gasteiger partial charge in [0.05, 0.1) is 0 Å². The summed E-state index contributed by atoms with van der Waals surface area (Å²) in [5.41, 5.74) is 1.44. The number of unbranched alkanes of at least 4 members (excludes halogenated alkanes) is 8. The maximum absolute atomic E-state index is 11.7. The molecule has 0 saturated heterocycles. The summed E-state index contributed by atoms with van der Waals surface area (Å²) in [7, 11) is 0. The molecule has 1 rings (SSSR count). The van der Waals surface area contributed by atoms with E-state index >= 15 is 0 Å². The molecule has 0 spiro atoms. The Labute approximate surface area is 191 Å². The molecule has 3 atom stereocenters. The van der Waals surface area contributed by atoms with Crippen LogP contribution in [0.25, 0.3) is 0 Å². The van der Waals surface area contributed by atoms with Crippen LogP contribution in [-0.2, 0) is 4.79 Å². The molecule has 3 unspecified atom stereocenters. The minimum atomic E-state index is 0.309. The normalized spacial score (nSPS) is 14.7. The molecule has 0 aliphatic rings. The van der Waals surface area contributed by atoms with Gasteiger partial charge in [0.15, 0.2) is 0 Å². The third-order valence-electron chi connectivity index (χ3n) is 6.27. The van der Waals surface area contributed by atoms with E-state index in [4.69, 9.17) is 0 Å². The van der Waals surface area contributed by atoms with E-state index in [0.29, 0.717) is 29.3 Å². The van der Waals surface area contributed by atoms with Gasteiger partial charge in [0.2, 0.25) is 0 Å². The number of carbonyl (C=O) groups excluding carboxylic acids is 1. The molecule has 0 amide bonds. The molecule has 0 radical (unpaired) electrons. The van der Waals surface area contributed by atoms with Crippen LogP contribution in [0.5, 0.6) is 0 Å². The Morgan fingerprint density at radius 2 is 1.53 bits per heavy atom. The summed E-state index contributed by atoms with van der Waals surface area (Å²) in [6.07, 6.45) is 22.1. The second kappa shape index (κ2) is 17.6.